The molecule has 1 fully saturated rings. The van der Waals surface area contributed by atoms with Gasteiger partial charge in [-0.3, -0.25) is 0 Å². The highest BCUT2D eigenvalue weighted by molar-refractivity contribution is 5.49. The normalized spacial score (nSPS) is 20.1. The van der Waals surface area contributed by atoms with Gasteiger partial charge in [-0.15, -0.1) is 0 Å². The largest absolute Gasteiger partial charge is 0.389 e. The Morgan fingerprint density at radius 2 is 1.75 bits per heavy atom. The highest BCUT2D eigenvalue weighted by atomic mass is 16.3. The summed E-state index contributed by atoms with van der Waals surface area (Å²) in [5.74, 6) is 0.632. The number of hydrogen-bond acceptors (Lipinski definition) is 2. The molecule has 3 rings (SSSR count). The molecule has 2 aromatic rings. The molecule has 2 aromatic carbocycles. The molecule has 0 aliphatic carbocycles. The summed E-state index contributed by atoms with van der Waals surface area (Å²) in [4.78, 5) is 2.43. The minimum atomic E-state index is -0.389. The molecule has 0 bridgehead atoms. The lowest BCUT2D eigenvalue weighted by molar-refractivity contribution is 0.199. The van der Waals surface area contributed by atoms with Crippen molar-refractivity contribution < 1.29 is 5.11 Å². The van der Waals surface area contributed by atoms with Crippen LogP contribution in [-0.4, -0.2) is 18.2 Å². The molecule has 0 spiro atoms. The fraction of sp³-hybridized carbons (Fsp3) is 0.333. The van der Waals surface area contributed by atoms with Gasteiger partial charge in [-0.05, 0) is 36.6 Å². The minimum absolute atomic E-state index is 0.389. The Morgan fingerprint density at radius 3 is 2.40 bits per heavy atom. The van der Waals surface area contributed by atoms with Crippen LogP contribution in [0, 0.1) is 0 Å². The van der Waals surface area contributed by atoms with Crippen molar-refractivity contribution in [3.05, 3.63) is 65.7 Å². The molecule has 1 saturated heterocycles. The fourth-order valence-electron chi connectivity index (χ4n) is 2.96. The van der Waals surface area contributed by atoms with Crippen LogP contribution >= 0.6 is 0 Å². The van der Waals surface area contributed by atoms with Crippen LogP contribution in [0.2, 0.25) is 0 Å². The van der Waals surface area contributed by atoms with E-state index in [1.54, 1.807) is 6.92 Å². The van der Waals surface area contributed by atoms with E-state index in [0.717, 1.165) is 18.7 Å². The lowest BCUT2D eigenvalue weighted by Gasteiger charge is -2.19. The molecular weight excluding hydrogens is 246 g/mol. The van der Waals surface area contributed by atoms with Crippen LogP contribution in [0.15, 0.2) is 54.6 Å². The van der Waals surface area contributed by atoms with Crippen molar-refractivity contribution in [3.63, 3.8) is 0 Å². The van der Waals surface area contributed by atoms with Crippen LogP contribution in [0.4, 0.5) is 5.69 Å². The van der Waals surface area contributed by atoms with Gasteiger partial charge in [0.2, 0.25) is 0 Å². The first kappa shape index (κ1) is 13.2. The highest BCUT2D eigenvalue weighted by Gasteiger charge is 2.23. The van der Waals surface area contributed by atoms with Gasteiger partial charge in [-0.2, -0.15) is 0 Å². The van der Waals surface area contributed by atoms with Crippen molar-refractivity contribution in [1.82, 2.24) is 0 Å². The SMILES string of the molecule is CC(O)c1ccc(N2CCC(c3ccccc3)C2)cc1. The van der Waals surface area contributed by atoms with Crippen molar-refractivity contribution in [2.45, 2.75) is 25.4 Å². The zero-order valence-electron chi connectivity index (χ0n) is 11.9. The Kier molecular flexibility index (Phi) is 3.75. The molecule has 0 radical (unpaired) electrons. The van der Waals surface area contributed by atoms with Gasteiger partial charge in [0, 0.05) is 24.7 Å². The Morgan fingerprint density at radius 1 is 1.05 bits per heavy atom. The molecule has 1 aliphatic heterocycles. The maximum atomic E-state index is 9.56. The van der Waals surface area contributed by atoms with Gasteiger partial charge in [-0.1, -0.05) is 42.5 Å². The number of aliphatic hydroxyl groups excluding tert-OH is 1. The number of aliphatic hydroxyl groups is 1. The predicted molar refractivity (Wildman–Crippen MR) is 83.1 cm³/mol. The quantitative estimate of drug-likeness (QED) is 0.916. The number of nitrogens with zero attached hydrogens (tertiary/aromatic N) is 1. The number of benzene rings is 2. The predicted octanol–water partition coefficient (Wildman–Crippen LogP) is 3.73. The van der Waals surface area contributed by atoms with E-state index < -0.39 is 0 Å². The van der Waals surface area contributed by atoms with Gasteiger partial charge >= 0.3 is 0 Å². The van der Waals surface area contributed by atoms with E-state index in [0.29, 0.717) is 5.92 Å². The van der Waals surface area contributed by atoms with Crippen LogP contribution in [0.1, 0.15) is 36.5 Å². The molecule has 20 heavy (non-hydrogen) atoms. The van der Waals surface area contributed by atoms with Crippen molar-refractivity contribution in [1.29, 1.82) is 0 Å². The molecule has 0 saturated carbocycles. The van der Waals surface area contributed by atoms with Crippen LogP contribution in [0.3, 0.4) is 0 Å². The summed E-state index contributed by atoms with van der Waals surface area (Å²) >= 11 is 0. The second-order valence-corrected chi connectivity index (χ2v) is 5.61. The van der Waals surface area contributed by atoms with E-state index in [1.165, 1.54) is 17.7 Å². The molecule has 2 nitrogen and oxygen atoms in total. The van der Waals surface area contributed by atoms with Crippen molar-refractivity contribution >= 4 is 5.69 Å². The van der Waals surface area contributed by atoms with Gasteiger partial charge < -0.3 is 10.0 Å². The maximum absolute atomic E-state index is 9.56. The maximum Gasteiger partial charge on any atom is 0.0761 e. The first-order valence-electron chi connectivity index (χ1n) is 7.32. The monoisotopic (exact) mass is 267 g/mol. The van der Waals surface area contributed by atoms with E-state index in [-0.39, 0.29) is 6.10 Å². The van der Waals surface area contributed by atoms with Crippen LogP contribution < -0.4 is 4.90 Å². The minimum Gasteiger partial charge on any atom is -0.389 e. The number of hydrogen-bond donors (Lipinski definition) is 1. The highest BCUT2D eigenvalue weighted by Crippen LogP contribution is 2.31. The zero-order chi connectivity index (χ0) is 13.9. The molecular formula is C18H21NO. The van der Waals surface area contributed by atoms with Crippen molar-refractivity contribution in [2.75, 3.05) is 18.0 Å². The molecule has 104 valence electrons. The number of rotatable bonds is 3. The molecule has 2 heteroatoms. The van der Waals surface area contributed by atoms with Crippen molar-refractivity contribution in [2.24, 2.45) is 0 Å². The third-order valence-electron chi connectivity index (χ3n) is 4.20. The second-order valence-electron chi connectivity index (χ2n) is 5.61. The van der Waals surface area contributed by atoms with Crippen molar-refractivity contribution in [3.8, 4) is 0 Å². The Balaban J connectivity index is 1.71. The summed E-state index contributed by atoms with van der Waals surface area (Å²) in [7, 11) is 0. The van der Waals surface area contributed by atoms with Gasteiger partial charge in [0.05, 0.1) is 6.10 Å². The zero-order valence-corrected chi connectivity index (χ0v) is 11.9. The smallest absolute Gasteiger partial charge is 0.0761 e. The van der Waals surface area contributed by atoms with E-state index >= 15 is 0 Å². The average molecular weight is 267 g/mol. The molecule has 2 unspecified atom stereocenters. The Labute approximate surface area is 120 Å². The summed E-state index contributed by atoms with van der Waals surface area (Å²) in [6.45, 7) is 3.99. The van der Waals surface area contributed by atoms with Gasteiger partial charge in [0.1, 0.15) is 0 Å². The molecule has 0 aromatic heterocycles. The second kappa shape index (κ2) is 5.68. The summed E-state index contributed by atoms with van der Waals surface area (Å²) in [5.41, 5.74) is 3.68. The lowest BCUT2D eigenvalue weighted by Crippen LogP contribution is -2.19. The molecule has 2 atom stereocenters. The summed E-state index contributed by atoms with van der Waals surface area (Å²) < 4.78 is 0. The summed E-state index contributed by atoms with van der Waals surface area (Å²) in [5, 5.41) is 9.56. The summed E-state index contributed by atoms with van der Waals surface area (Å²) in [6.07, 6.45) is 0.821. The van der Waals surface area contributed by atoms with E-state index in [9.17, 15) is 5.11 Å². The topological polar surface area (TPSA) is 23.5 Å². The average Bonchev–Trinajstić information content (AvgIpc) is 2.98. The van der Waals surface area contributed by atoms with Crippen LogP contribution in [-0.2, 0) is 0 Å². The van der Waals surface area contributed by atoms with Gasteiger partial charge in [0.25, 0.3) is 0 Å². The standard InChI is InChI=1S/C18H21NO/c1-14(20)15-7-9-18(10-8-15)19-12-11-17(13-19)16-5-3-2-4-6-16/h2-10,14,17,20H,11-13H2,1H3. The van der Waals surface area contributed by atoms with Crippen LogP contribution in [0.25, 0.3) is 0 Å². The third-order valence-corrected chi connectivity index (χ3v) is 4.20. The summed E-state index contributed by atoms with van der Waals surface area (Å²) in [6, 6.07) is 19.1. The van der Waals surface area contributed by atoms with Crippen LogP contribution in [0.5, 0.6) is 0 Å². The van der Waals surface area contributed by atoms with E-state index in [2.05, 4.69) is 47.4 Å². The first-order chi connectivity index (χ1) is 9.74. The number of anilines is 1. The van der Waals surface area contributed by atoms with Gasteiger partial charge in [0.15, 0.2) is 0 Å². The first-order valence-corrected chi connectivity index (χ1v) is 7.32. The van der Waals surface area contributed by atoms with Gasteiger partial charge in [-0.25, -0.2) is 0 Å². The Hall–Kier alpha value is -1.80. The Bertz CT molecular complexity index is 547. The fourth-order valence-corrected chi connectivity index (χ4v) is 2.96. The van der Waals surface area contributed by atoms with E-state index in [4.69, 9.17) is 0 Å². The molecule has 1 aliphatic rings. The molecule has 0 amide bonds. The third kappa shape index (κ3) is 2.70. The van der Waals surface area contributed by atoms with E-state index in [1.807, 2.05) is 12.1 Å². The molecule has 1 heterocycles. The molecule has 1 N–H and O–H groups in total. The lowest BCUT2D eigenvalue weighted by atomic mass is 9.99.